The first kappa shape index (κ1) is 5.25. The van der Waals surface area contributed by atoms with Crippen LogP contribution in [0.2, 0.25) is 0 Å². The molecule has 0 saturated carbocycles. The number of hydrogen-bond acceptors (Lipinski definition) is 1. The second-order valence-electron chi connectivity index (χ2n) is 2.75. The van der Waals surface area contributed by atoms with Crippen molar-refractivity contribution in [3.05, 3.63) is 4.85 Å². The summed E-state index contributed by atoms with van der Waals surface area (Å²) in [6, 6.07) is 2.98. The highest BCUT2D eigenvalue weighted by molar-refractivity contribution is 5.05. The Morgan fingerprint density at radius 2 is 2.33 bits per heavy atom. The fourth-order valence-electron chi connectivity index (χ4n) is 1.35. The number of ether oxygens (including phenoxy) is 1. The first-order chi connectivity index (χ1) is 4.41. The maximum absolute atomic E-state index is 5.44. The third-order valence-corrected chi connectivity index (χ3v) is 2.16. The molecule has 2 rings (SSSR count). The van der Waals surface area contributed by atoms with Crippen molar-refractivity contribution < 1.29 is 4.74 Å². The molecule has 2 aliphatic rings. The van der Waals surface area contributed by atoms with Crippen molar-refractivity contribution in [1.82, 2.24) is 0 Å². The molecule has 1 unspecified atom stereocenters. The maximum Gasteiger partial charge on any atom is 0.275 e. The summed E-state index contributed by atoms with van der Waals surface area (Å²) in [6.07, 6.45) is 3.25. The molecule has 48 valence electrons. The van der Waals surface area contributed by atoms with Crippen LogP contribution in [-0.2, 0) is 4.74 Å². The molecule has 1 fully saturated rings. The Morgan fingerprint density at radius 1 is 1.44 bits per heavy atom. The van der Waals surface area contributed by atoms with Crippen LogP contribution in [0.5, 0.6) is 0 Å². The summed E-state index contributed by atoms with van der Waals surface area (Å²) in [4.78, 5) is 4.02. The van der Waals surface area contributed by atoms with Crippen molar-refractivity contribution in [3.63, 3.8) is 0 Å². The van der Waals surface area contributed by atoms with E-state index in [2.05, 4.69) is 10.9 Å². The van der Waals surface area contributed by atoms with Crippen molar-refractivity contribution in [1.29, 1.82) is 0 Å². The van der Waals surface area contributed by atoms with E-state index in [1.165, 1.54) is 6.42 Å². The SMILES string of the molecule is C1#[N+]CCC2(C1)CCO2. The quantitative estimate of drug-likeness (QED) is 0.474. The first-order valence-electron chi connectivity index (χ1n) is 3.45. The van der Waals surface area contributed by atoms with Gasteiger partial charge in [0.25, 0.3) is 12.6 Å². The lowest BCUT2D eigenvalue weighted by Crippen LogP contribution is -2.44. The number of rotatable bonds is 0. The molecule has 0 aliphatic carbocycles. The van der Waals surface area contributed by atoms with Crippen molar-refractivity contribution in [2.45, 2.75) is 24.9 Å². The van der Waals surface area contributed by atoms with Crippen molar-refractivity contribution in [3.8, 4) is 6.07 Å². The largest absolute Gasteiger partial charge is 0.373 e. The zero-order valence-corrected chi connectivity index (χ0v) is 5.39. The molecule has 2 aliphatic heterocycles. The third kappa shape index (κ3) is 0.727. The predicted octanol–water partition coefficient (Wildman–Crippen LogP) is 1.27. The summed E-state index contributed by atoms with van der Waals surface area (Å²) in [5.41, 5.74) is 0.196. The Hall–Kier alpha value is -0.550. The summed E-state index contributed by atoms with van der Waals surface area (Å²) in [5.74, 6) is 0. The number of hydrogen-bond donors (Lipinski definition) is 0. The van der Waals surface area contributed by atoms with E-state index in [-0.39, 0.29) is 5.60 Å². The van der Waals surface area contributed by atoms with E-state index in [9.17, 15) is 0 Å². The van der Waals surface area contributed by atoms with Crippen LogP contribution in [0.4, 0.5) is 0 Å². The van der Waals surface area contributed by atoms with E-state index in [0.29, 0.717) is 0 Å². The minimum absolute atomic E-state index is 0.196. The van der Waals surface area contributed by atoms with Crippen LogP contribution < -0.4 is 0 Å². The molecule has 1 spiro atoms. The average Bonchev–Trinajstić information content (AvgIpc) is 1.87. The summed E-state index contributed by atoms with van der Waals surface area (Å²) in [7, 11) is 0. The predicted molar refractivity (Wildman–Crippen MR) is 34.6 cm³/mol. The van der Waals surface area contributed by atoms with E-state index in [0.717, 1.165) is 26.0 Å². The van der Waals surface area contributed by atoms with Gasteiger partial charge in [0.1, 0.15) is 6.42 Å². The standard InChI is InChI=1S/C7H10NO/c1-4-8-5-2-7(1)3-6-9-7/h1-4,6H2/q+1. The molecule has 2 heterocycles. The smallest absolute Gasteiger partial charge is 0.275 e. The van der Waals surface area contributed by atoms with Crippen LogP contribution in [0, 0.1) is 6.07 Å². The van der Waals surface area contributed by atoms with Gasteiger partial charge in [-0.25, -0.2) is 0 Å². The lowest BCUT2D eigenvalue weighted by Gasteiger charge is -2.38. The topological polar surface area (TPSA) is 13.6 Å². The fraction of sp³-hybridized carbons (Fsp3) is 0.857. The molecule has 2 nitrogen and oxygen atoms in total. The van der Waals surface area contributed by atoms with Crippen molar-refractivity contribution in [2.75, 3.05) is 13.2 Å². The lowest BCUT2D eigenvalue weighted by atomic mass is 9.87. The van der Waals surface area contributed by atoms with Gasteiger partial charge in [0, 0.05) is 6.42 Å². The summed E-state index contributed by atoms with van der Waals surface area (Å²) in [6.45, 7) is 1.86. The second-order valence-corrected chi connectivity index (χ2v) is 2.75. The fourth-order valence-corrected chi connectivity index (χ4v) is 1.35. The van der Waals surface area contributed by atoms with Crippen LogP contribution in [-0.4, -0.2) is 18.8 Å². The Balaban J connectivity index is 2.08. The molecule has 0 amide bonds. The molecule has 1 saturated heterocycles. The van der Waals surface area contributed by atoms with Gasteiger partial charge in [0.05, 0.1) is 18.6 Å². The highest BCUT2D eigenvalue weighted by atomic mass is 16.5. The highest BCUT2D eigenvalue weighted by Crippen LogP contribution is 2.34. The molecule has 0 N–H and O–H groups in total. The second kappa shape index (κ2) is 1.71. The molecule has 9 heavy (non-hydrogen) atoms. The monoisotopic (exact) mass is 124 g/mol. The molecule has 2 heteroatoms. The van der Waals surface area contributed by atoms with Gasteiger partial charge in [-0.15, -0.1) is 0 Å². The van der Waals surface area contributed by atoms with Crippen LogP contribution in [0.25, 0.3) is 4.85 Å². The minimum atomic E-state index is 0.196. The Bertz CT molecular complexity index is 173. The van der Waals surface area contributed by atoms with E-state index < -0.39 is 0 Å². The summed E-state index contributed by atoms with van der Waals surface area (Å²) >= 11 is 0. The Kier molecular flexibility index (Phi) is 1.000. The molecule has 0 aromatic rings. The van der Waals surface area contributed by atoms with Gasteiger partial charge in [-0.05, 0) is 0 Å². The summed E-state index contributed by atoms with van der Waals surface area (Å²) < 4.78 is 5.44. The summed E-state index contributed by atoms with van der Waals surface area (Å²) in [5, 5.41) is 0. The molecule has 1 atom stereocenters. The van der Waals surface area contributed by atoms with Gasteiger partial charge in [0.15, 0.2) is 0 Å². The first-order valence-corrected chi connectivity index (χ1v) is 3.45. The van der Waals surface area contributed by atoms with Crippen molar-refractivity contribution in [2.24, 2.45) is 0 Å². The van der Waals surface area contributed by atoms with Crippen LogP contribution in [0.15, 0.2) is 0 Å². The lowest BCUT2D eigenvalue weighted by molar-refractivity contribution is -0.146. The van der Waals surface area contributed by atoms with E-state index in [1.54, 1.807) is 0 Å². The molecular formula is C7H10NO+. The molecule has 0 aromatic carbocycles. The maximum atomic E-state index is 5.44. The van der Waals surface area contributed by atoms with E-state index in [1.807, 2.05) is 0 Å². The minimum Gasteiger partial charge on any atom is -0.373 e. The Labute approximate surface area is 54.6 Å². The van der Waals surface area contributed by atoms with E-state index >= 15 is 0 Å². The molecular weight excluding hydrogens is 114 g/mol. The molecule has 0 aromatic heterocycles. The van der Waals surface area contributed by atoms with Gasteiger partial charge >= 0.3 is 0 Å². The zero-order chi connectivity index (χ0) is 6.16. The van der Waals surface area contributed by atoms with Crippen LogP contribution >= 0.6 is 0 Å². The van der Waals surface area contributed by atoms with Gasteiger partial charge < -0.3 is 4.74 Å². The van der Waals surface area contributed by atoms with Gasteiger partial charge in [-0.1, -0.05) is 4.85 Å². The highest BCUT2D eigenvalue weighted by Gasteiger charge is 2.42. The molecule has 0 radical (unpaired) electrons. The zero-order valence-electron chi connectivity index (χ0n) is 5.39. The van der Waals surface area contributed by atoms with E-state index in [4.69, 9.17) is 4.74 Å². The van der Waals surface area contributed by atoms with Gasteiger partial charge in [-0.3, -0.25) is 0 Å². The third-order valence-electron chi connectivity index (χ3n) is 2.16. The van der Waals surface area contributed by atoms with Gasteiger partial charge in [0.2, 0.25) is 0 Å². The van der Waals surface area contributed by atoms with Gasteiger partial charge in [-0.2, -0.15) is 0 Å². The van der Waals surface area contributed by atoms with Crippen LogP contribution in [0.3, 0.4) is 0 Å². The normalized spacial score (nSPS) is 39.1. The Morgan fingerprint density at radius 3 is 2.67 bits per heavy atom. The average molecular weight is 124 g/mol. The van der Waals surface area contributed by atoms with Crippen molar-refractivity contribution >= 4 is 0 Å². The molecule has 0 bridgehead atoms. The van der Waals surface area contributed by atoms with Crippen LogP contribution in [0.1, 0.15) is 19.3 Å². The number of nitrogens with zero attached hydrogens (tertiary/aromatic N) is 1.